The first-order valence-electron chi connectivity index (χ1n) is 8.81. The number of ether oxygens (including phenoxy) is 1. The van der Waals surface area contributed by atoms with Gasteiger partial charge >= 0.3 is 0 Å². The number of rotatable bonds is 9. The van der Waals surface area contributed by atoms with Crippen LogP contribution in [0.4, 0.5) is 4.39 Å². The zero-order valence-corrected chi connectivity index (χ0v) is 15.0. The van der Waals surface area contributed by atoms with E-state index >= 15 is 0 Å². The molecule has 3 rings (SSSR count). The topological polar surface area (TPSA) is 97.5 Å². The van der Waals surface area contributed by atoms with Crippen LogP contribution in [-0.4, -0.2) is 40.4 Å². The molecule has 0 spiro atoms. The van der Waals surface area contributed by atoms with E-state index < -0.39 is 6.10 Å². The number of hydrogen-bond acceptors (Lipinski definition) is 6. The van der Waals surface area contributed by atoms with E-state index in [1.165, 1.54) is 12.1 Å². The van der Waals surface area contributed by atoms with E-state index in [0.29, 0.717) is 23.0 Å². The fourth-order valence-electron chi connectivity index (χ4n) is 2.38. The SMILES string of the molecule is O=C(CCc1nc(-c2ccc(F)cc2)no1)NCC(O)COc1ccccc1. The fraction of sp³-hybridized carbons (Fsp3) is 0.250. The van der Waals surface area contributed by atoms with Gasteiger partial charge in [-0.25, -0.2) is 4.39 Å². The molecule has 0 aliphatic heterocycles. The first-order chi connectivity index (χ1) is 13.6. The largest absolute Gasteiger partial charge is 0.491 e. The van der Waals surface area contributed by atoms with E-state index in [2.05, 4.69) is 15.5 Å². The maximum atomic E-state index is 12.9. The van der Waals surface area contributed by atoms with Gasteiger partial charge in [-0.1, -0.05) is 23.4 Å². The Morgan fingerprint density at radius 1 is 1.18 bits per heavy atom. The van der Waals surface area contributed by atoms with Gasteiger partial charge in [0.25, 0.3) is 0 Å². The van der Waals surface area contributed by atoms with Gasteiger partial charge < -0.3 is 19.7 Å². The Hall–Kier alpha value is -3.26. The lowest BCUT2D eigenvalue weighted by atomic mass is 10.2. The first-order valence-corrected chi connectivity index (χ1v) is 8.81. The first kappa shape index (κ1) is 19.5. The van der Waals surface area contributed by atoms with Crippen LogP contribution in [0.3, 0.4) is 0 Å². The monoisotopic (exact) mass is 385 g/mol. The third kappa shape index (κ3) is 5.88. The zero-order valence-electron chi connectivity index (χ0n) is 15.0. The minimum atomic E-state index is -0.822. The van der Waals surface area contributed by atoms with Gasteiger partial charge in [0.2, 0.25) is 17.6 Å². The smallest absolute Gasteiger partial charge is 0.227 e. The van der Waals surface area contributed by atoms with Crippen LogP contribution in [0.25, 0.3) is 11.4 Å². The van der Waals surface area contributed by atoms with Crippen molar-refractivity contribution in [3.63, 3.8) is 0 Å². The van der Waals surface area contributed by atoms with Crippen LogP contribution in [0.1, 0.15) is 12.3 Å². The molecule has 7 nitrogen and oxygen atoms in total. The molecule has 2 N–H and O–H groups in total. The van der Waals surface area contributed by atoms with Gasteiger partial charge in [0.05, 0.1) is 0 Å². The lowest BCUT2D eigenvalue weighted by molar-refractivity contribution is -0.121. The summed E-state index contributed by atoms with van der Waals surface area (Å²) in [4.78, 5) is 16.1. The Kier molecular flexibility index (Phi) is 6.69. The number of amides is 1. The molecule has 1 unspecified atom stereocenters. The summed E-state index contributed by atoms with van der Waals surface area (Å²) in [5.74, 6) is 0.702. The van der Waals surface area contributed by atoms with Crippen LogP contribution >= 0.6 is 0 Å². The number of carbonyl (C=O) groups excluding carboxylic acids is 1. The van der Waals surface area contributed by atoms with E-state index in [4.69, 9.17) is 9.26 Å². The Balaban J connectivity index is 1.38. The fourth-order valence-corrected chi connectivity index (χ4v) is 2.38. The molecule has 3 aromatic rings. The molecule has 1 atom stereocenters. The predicted molar refractivity (Wildman–Crippen MR) is 99.0 cm³/mol. The van der Waals surface area contributed by atoms with E-state index in [1.807, 2.05) is 18.2 Å². The number of para-hydroxylation sites is 1. The number of aryl methyl sites for hydroxylation is 1. The quantitative estimate of drug-likeness (QED) is 0.587. The molecule has 0 saturated carbocycles. The van der Waals surface area contributed by atoms with Crippen molar-refractivity contribution in [3.05, 3.63) is 66.3 Å². The summed E-state index contributed by atoms with van der Waals surface area (Å²) in [6.07, 6.45) is -0.425. The summed E-state index contributed by atoms with van der Waals surface area (Å²) in [5, 5.41) is 16.3. The summed E-state index contributed by atoms with van der Waals surface area (Å²) in [7, 11) is 0. The highest BCUT2D eigenvalue weighted by atomic mass is 19.1. The van der Waals surface area contributed by atoms with Gasteiger partial charge in [0, 0.05) is 24.9 Å². The minimum Gasteiger partial charge on any atom is -0.491 e. The van der Waals surface area contributed by atoms with Crippen LogP contribution in [-0.2, 0) is 11.2 Å². The summed E-state index contributed by atoms with van der Waals surface area (Å²) in [6.45, 7) is 0.158. The van der Waals surface area contributed by atoms with Crippen molar-refractivity contribution in [2.75, 3.05) is 13.2 Å². The Labute approximate surface area is 161 Å². The summed E-state index contributed by atoms with van der Waals surface area (Å²) >= 11 is 0. The molecule has 0 aliphatic rings. The third-order valence-corrected chi connectivity index (χ3v) is 3.86. The average molecular weight is 385 g/mol. The average Bonchev–Trinajstić information content (AvgIpc) is 3.19. The van der Waals surface area contributed by atoms with Gasteiger partial charge in [0.15, 0.2) is 0 Å². The molecular formula is C20H20FN3O4. The van der Waals surface area contributed by atoms with Crippen LogP contribution in [0.2, 0.25) is 0 Å². The van der Waals surface area contributed by atoms with Crippen molar-refractivity contribution < 1.29 is 23.6 Å². The summed E-state index contributed by atoms with van der Waals surface area (Å²) < 4.78 is 23.5. The van der Waals surface area contributed by atoms with Crippen molar-refractivity contribution in [1.82, 2.24) is 15.5 Å². The van der Waals surface area contributed by atoms with Gasteiger partial charge in [-0.2, -0.15) is 4.98 Å². The van der Waals surface area contributed by atoms with E-state index in [9.17, 15) is 14.3 Å². The van der Waals surface area contributed by atoms with E-state index in [0.717, 1.165) is 0 Å². The number of halogens is 1. The highest BCUT2D eigenvalue weighted by Crippen LogP contribution is 2.16. The number of carbonyl (C=O) groups is 1. The zero-order chi connectivity index (χ0) is 19.8. The number of aromatic nitrogens is 2. The molecular weight excluding hydrogens is 365 g/mol. The molecule has 146 valence electrons. The van der Waals surface area contributed by atoms with Gasteiger partial charge in [-0.3, -0.25) is 4.79 Å². The number of nitrogens with one attached hydrogen (secondary N) is 1. The molecule has 1 aromatic heterocycles. The van der Waals surface area contributed by atoms with Gasteiger partial charge in [-0.05, 0) is 36.4 Å². The standard InChI is InChI=1S/C20H20FN3O4/c21-15-8-6-14(7-9-15)20-23-19(28-24-20)11-10-18(26)22-12-16(25)13-27-17-4-2-1-3-5-17/h1-9,16,25H,10-13H2,(H,22,26). The molecule has 0 bridgehead atoms. The summed E-state index contributed by atoms with van der Waals surface area (Å²) in [5.41, 5.74) is 0.627. The van der Waals surface area contributed by atoms with Gasteiger partial charge in [0.1, 0.15) is 24.3 Å². The Morgan fingerprint density at radius 3 is 2.68 bits per heavy atom. The minimum absolute atomic E-state index is 0.0784. The van der Waals surface area contributed by atoms with Crippen molar-refractivity contribution in [2.45, 2.75) is 18.9 Å². The number of aliphatic hydroxyl groups is 1. The Bertz CT molecular complexity index is 884. The number of benzene rings is 2. The lowest BCUT2D eigenvalue weighted by Crippen LogP contribution is -2.35. The second-order valence-electron chi connectivity index (χ2n) is 6.10. The second-order valence-corrected chi connectivity index (χ2v) is 6.10. The van der Waals surface area contributed by atoms with Crippen LogP contribution in [0, 0.1) is 5.82 Å². The van der Waals surface area contributed by atoms with Crippen LogP contribution < -0.4 is 10.1 Å². The molecule has 2 aromatic carbocycles. The maximum absolute atomic E-state index is 12.9. The van der Waals surface area contributed by atoms with E-state index in [-0.39, 0.29) is 37.7 Å². The van der Waals surface area contributed by atoms with E-state index in [1.54, 1.807) is 24.3 Å². The molecule has 8 heteroatoms. The van der Waals surface area contributed by atoms with Gasteiger partial charge in [-0.15, -0.1) is 0 Å². The molecule has 1 heterocycles. The molecule has 1 amide bonds. The second kappa shape index (κ2) is 9.61. The van der Waals surface area contributed by atoms with Crippen molar-refractivity contribution in [1.29, 1.82) is 0 Å². The van der Waals surface area contributed by atoms with Crippen LogP contribution in [0.5, 0.6) is 5.75 Å². The summed E-state index contributed by atoms with van der Waals surface area (Å²) in [6, 6.07) is 14.8. The lowest BCUT2D eigenvalue weighted by Gasteiger charge is -2.13. The molecule has 28 heavy (non-hydrogen) atoms. The Morgan fingerprint density at radius 2 is 1.93 bits per heavy atom. The maximum Gasteiger partial charge on any atom is 0.227 e. The normalized spacial score (nSPS) is 11.8. The van der Waals surface area contributed by atoms with Crippen LogP contribution in [0.15, 0.2) is 59.1 Å². The molecule has 0 saturated heterocycles. The van der Waals surface area contributed by atoms with Crippen molar-refractivity contribution in [2.24, 2.45) is 0 Å². The predicted octanol–water partition coefficient (Wildman–Crippen LogP) is 2.36. The molecule has 0 aliphatic carbocycles. The number of hydrogen-bond donors (Lipinski definition) is 2. The number of aliphatic hydroxyl groups excluding tert-OH is 1. The van der Waals surface area contributed by atoms with Crippen molar-refractivity contribution in [3.8, 4) is 17.1 Å². The number of nitrogens with zero attached hydrogens (tertiary/aromatic N) is 2. The molecule has 0 fully saturated rings. The highest BCUT2D eigenvalue weighted by Gasteiger charge is 2.12. The highest BCUT2D eigenvalue weighted by molar-refractivity contribution is 5.76. The molecule has 0 radical (unpaired) electrons. The third-order valence-electron chi connectivity index (χ3n) is 3.86. The van der Waals surface area contributed by atoms with Crippen molar-refractivity contribution >= 4 is 5.91 Å².